The summed E-state index contributed by atoms with van der Waals surface area (Å²) < 4.78 is 5.25. The number of ether oxygens (including phenoxy) is 1. The average Bonchev–Trinajstić information content (AvgIpc) is 2.30. The summed E-state index contributed by atoms with van der Waals surface area (Å²) in [7, 11) is 1.79. The van der Waals surface area contributed by atoms with Crippen LogP contribution in [-0.2, 0) is 4.79 Å². The highest BCUT2D eigenvalue weighted by Gasteiger charge is 2.17. The van der Waals surface area contributed by atoms with Gasteiger partial charge in [-0.15, -0.1) is 0 Å². The van der Waals surface area contributed by atoms with Crippen LogP contribution in [-0.4, -0.2) is 19.6 Å². The van der Waals surface area contributed by atoms with Crippen molar-refractivity contribution >= 4 is 11.6 Å². The number of benzene rings is 1. The Labute approximate surface area is 93.1 Å². The molecule has 1 aromatic carbocycles. The number of amides is 1. The molecule has 0 bridgehead atoms. The molecule has 2 rings (SSSR count). The van der Waals surface area contributed by atoms with Gasteiger partial charge in [0, 0.05) is 0 Å². The van der Waals surface area contributed by atoms with E-state index in [1.165, 1.54) is 0 Å². The van der Waals surface area contributed by atoms with Crippen LogP contribution in [0.25, 0.3) is 0 Å². The lowest BCUT2D eigenvalue weighted by Gasteiger charge is -2.21. The second-order valence-electron chi connectivity index (χ2n) is 3.48. The molecule has 1 aliphatic rings. The lowest BCUT2D eigenvalue weighted by molar-refractivity contribution is -0.118. The van der Waals surface area contributed by atoms with Crippen LogP contribution in [0.5, 0.6) is 5.75 Å². The number of hydrazine groups is 1. The van der Waals surface area contributed by atoms with Crippen molar-refractivity contribution in [3.8, 4) is 5.75 Å². The van der Waals surface area contributed by atoms with E-state index in [1.54, 1.807) is 7.05 Å². The first-order chi connectivity index (χ1) is 7.74. The first-order valence-corrected chi connectivity index (χ1v) is 4.94. The third kappa shape index (κ3) is 1.99. The lowest BCUT2D eigenvalue weighted by atomic mass is 10.1. The van der Waals surface area contributed by atoms with Crippen LogP contribution in [0.2, 0.25) is 0 Å². The standard InChI is InChI=1S/C10H14N4O2/c1-12-10(14-11)6-2-3-8-7(4-6)13-9(15)5-16-8/h2-4,10,12,14H,5,11H2,1H3,(H,13,15). The van der Waals surface area contributed by atoms with Gasteiger partial charge >= 0.3 is 0 Å². The van der Waals surface area contributed by atoms with Crippen LogP contribution in [0.15, 0.2) is 18.2 Å². The first-order valence-electron chi connectivity index (χ1n) is 4.94. The van der Waals surface area contributed by atoms with Crippen molar-refractivity contribution in [3.63, 3.8) is 0 Å². The SMILES string of the molecule is CNC(NN)c1ccc2c(c1)NC(=O)CO2. The maximum atomic E-state index is 11.2. The Morgan fingerprint density at radius 2 is 2.38 bits per heavy atom. The van der Waals surface area contributed by atoms with E-state index in [0.29, 0.717) is 11.4 Å². The van der Waals surface area contributed by atoms with E-state index in [4.69, 9.17) is 10.6 Å². The molecule has 0 aliphatic carbocycles. The van der Waals surface area contributed by atoms with Crippen LogP contribution in [0, 0.1) is 0 Å². The highest BCUT2D eigenvalue weighted by molar-refractivity contribution is 5.95. The van der Waals surface area contributed by atoms with Crippen molar-refractivity contribution in [2.45, 2.75) is 6.17 Å². The number of hydrogen-bond acceptors (Lipinski definition) is 5. The van der Waals surface area contributed by atoms with Gasteiger partial charge < -0.3 is 15.4 Å². The van der Waals surface area contributed by atoms with Crippen LogP contribution in [0.4, 0.5) is 5.69 Å². The molecular formula is C10H14N4O2. The summed E-state index contributed by atoms with van der Waals surface area (Å²) in [5.41, 5.74) is 4.22. The van der Waals surface area contributed by atoms with Crippen molar-refractivity contribution in [2.75, 3.05) is 19.0 Å². The van der Waals surface area contributed by atoms with Crippen LogP contribution >= 0.6 is 0 Å². The van der Waals surface area contributed by atoms with Crippen molar-refractivity contribution in [2.24, 2.45) is 5.84 Å². The third-order valence-corrected chi connectivity index (χ3v) is 2.43. The van der Waals surface area contributed by atoms with Crippen molar-refractivity contribution < 1.29 is 9.53 Å². The summed E-state index contributed by atoms with van der Waals surface area (Å²) in [5.74, 6) is 5.92. The topological polar surface area (TPSA) is 88.4 Å². The molecule has 0 radical (unpaired) electrons. The molecule has 0 fully saturated rings. The summed E-state index contributed by atoms with van der Waals surface area (Å²) in [6.45, 7) is 0.0664. The molecule has 0 aromatic heterocycles. The van der Waals surface area contributed by atoms with E-state index in [9.17, 15) is 4.79 Å². The van der Waals surface area contributed by atoms with Crippen molar-refractivity contribution in [1.29, 1.82) is 0 Å². The highest BCUT2D eigenvalue weighted by atomic mass is 16.5. The number of nitrogens with two attached hydrogens (primary N) is 1. The molecule has 0 spiro atoms. The van der Waals surface area contributed by atoms with Gasteiger partial charge in [-0.1, -0.05) is 6.07 Å². The van der Waals surface area contributed by atoms with Gasteiger partial charge in [0.25, 0.3) is 5.91 Å². The van der Waals surface area contributed by atoms with E-state index < -0.39 is 0 Å². The molecule has 1 aromatic rings. The predicted octanol–water partition coefficient (Wildman–Crippen LogP) is -0.301. The predicted molar refractivity (Wildman–Crippen MR) is 59.7 cm³/mol. The minimum absolute atomic E-state index is 0.0664. The van der Waals surface area contributed by atoms with Crippen LogP contribution in [0.3, 0.4) is 0 Å². The number of carbonyl (C=O) groups is 1. The van der Waals surface area contributed by atoms with Gasteiger partial charge in [-0.25, -0.2) is 5.43 Å². The number of fused-ring (bicyclic) bond motifs is 1. The minimum Gasteiger partial charge on any atom is -0.482 e. The highest BCUT2D eigenvalue weighted by Crippen LogP contribution is 2.29. The molecule has 1 unspecified atom stereocenters. The number of hydrogen-bond donors (Lipinski definition) is 4. The van der Waals surface area contributed by atoms with Crippen molar-refractivity contribution in [1.82, 2.24) is 10.7 Å². The zero-order chi connectivity index (χ0) is 11.5. The molecule has 86 valence electrons. The summed E-state index contributed by atoms with van der Waals surface area (Å²) in [6.07, 6.45) is -0.163. The van der Waals surface area contributed by atoms with Gasteiger partial charge in [0.15, 0.2) is 6.61 Å². The van der Waals surface area contributed by atoms with E-state index in [1.807, 2.05) is 18.2 Å². The quantitative estimate of drug-likeness (QED) is 0.320. The molecule has 1 heterocycles. The maximum Gasteiger partial charge on any atom is 0.262 e. The Balaban J connectivity index is 2.30. The van der Waals surface area contributed by atoms with Gasteiger partial charge in [0.1, 0.15) is 5.75 Å². The normalized spacial score (nSPS) is 16.0. The molecule has 1 amide bonds. The monoisotopic (exact) mass is 222 g/mol. The largest absolute Gasteiger partial charge is 0.482 e. The Morgan fingerprint density at radius 1 is 1.56 bits per heavy atom. The van der Waals surface area contributed by atoms with Gasteiger partial charge in [-0.2, -0.15) is 0 Å². The summed E-state index contributed by atoms with van der Waals surface area (Å²) in [5, 5.41) is 5.74. The second kappa shape index (κ2) is 4.48. The zero-order valence-corrected chi connectivity index (χ0v) is 8.91. The van der Waals surface area contributed by atoms with Gasteiger partial charge in [0.2, 0.25) is 0 Å². The van der Waals surface area contributed by atoms with Gasteiger partial charge in [0.05, 0.1) is 11.9 Å². The summed E-state index contributed by atoms with van der Waals surface area (Å²) in [6, 6.07) is 5.52. The Kier molecular flexibility index (Phi) is 3.04. The molecule has 16 heavy (non-hydrogen) atoms. The van der Waals surface area contributed by atoms with E-state index in [-0.39, 0.29) is 18.7 Å². The number of rotatable bonds is 3. The maximum absolute atomic E-state index is 11.2. The van der Waals surface area contributed by atoms with Crippen molar-refractivity contribution in [3.05, 3.63) is 23.8 Å². The fraction of sp³-hybridized carbons (Fsp3) is 0.300. The Hall–Kier alpha value is -1.63. The minimum atomic E-state index is -0.163. The lowest BCUT2D eigenvalue weighted by Crippen LogP contribution is -2.36. The molecule has 1 atom stereocenters. The number of carbonyl (C=O) groups excluding carboxylic acids is 1. The van der Waals surface area contributed by atoms with E-state index in [2.05, 4.69) is 16.1 Å². The van der Waals surface area contributed by atoms with E-state index in [0.717, 1.165) is 5.56 Å². The van der Waals surface area contributed by atoms with Crippen LogP contribution < -0.4 is 26.6 Å². The zero-order valence-electron chi connectivity index (χ0n) is 8.91. The first kappa shape index (κ1) is 10.9. The third-order valence-electron chi connectivity index (χ3n) is 2.43. The molecule has 0 saturated heterocycles. The van der Waals surface area contributed by atoms with Gasteiger partial charge in [-0.3, -0.25) is 10.6 Å². The Bertz CT molecular complexity index is 404. The van der Waals surface area contributed by atoms with Crippen LogP contribution in [0.1, 0.15) is 11.7 Å². The molecule has 1 aliphatic heterocycles. The molecule has 6 nitrogen and oxygen atoms in total. The number of anilines is 1. The van der Waals surface area contributed by atoms with Gasteiger partial charge in [-0.05, 0) is 24.7 Å². The smallest absolute Gasteiger partial charge is 0.262 e. The fourth-order valence-electron chi connectivity index (χ4n) is 1.63. The average molecular weight is 222 g/mol. The molecule has 5 N–H and O–H groups in total. The fourth-order valence-corrected chi connectivity index (χ4v) is 1.63. The number of nitrogens with one attached hydrogen (secondary N) is 3. The Morgan fingerprint density at radius 3 is 3.06 bits per heavy atom. The summed E-state index contributed by atoms with van der Waals surface area (Å²) >= 11 is 0. The summed E-state index contributed by atoms with van der Waals surface area (Å²) in [4.78, 5) is 11.2. The molecule has 0 saturated carbocycles. The second-order valence-corrected chi connectivity index (χ2v) is 3.48. The molecule has 6 heteroatoms. The van der Waals surface area contributed by atoms with E-state index >= 15 is 0 Å². The molecular weight excluding hydrogens is 208 g/mol.